The highest BCUT2D eigenvalue weighted by Gasteiger charge is 2.29. The molecule has 19 heavy (non-hydrogen) atoms. The molecule has 2 amide bonds. The van der Waals surface area contributed by atoms with Crippen LogP contribution < -0.4 is 10.1 Å². The second kappa shape index (κ2) is 5.69. The summed E-state index contributed by atoms with van der Waals surface area (Å²) in [5.41, 5.74) is 0. The molecule has 1 aromatic carbocycles. The van der Waals surface area contributed by atoms with E-state index >= 15 is 0 Å². The van der Waals surface area contributed by atoms with E-state index in [0.717, 1.165) is 0 Å². The molecule has 6 heteroatoms. The van der Waals surface area contributed by atoms with Crippen molar-refractivity contribution in [1.29, 1.82) is 0 Å². The van der Waals surface area contributed by atoms with E-state index < -0.39 is 11.9 Å². The highest BCUT2D eigenvalue weighted by atomic mass is 19.1. The number of ether oxygens (including phenoxy) is 1. The van der Waals surface area contributed by atoms with Gasteiger partial charge in [0.25, 0.3) is 5.91 Å². The molecule has 0 aliphatic carbocycles. The predicted octanol–water partition coefficient (Wildman–Crippen LogP) is 0.551. The number of halogens is 1. The van der Waals surface area contributed by atoms with E-state index in [-0.39, 0.29) is 24.2 Å². The van der Waals surface area contributed by atoms with Gasteiger partial charge in [-0.25, -0.2) is 4.39 Å². The number of carbonyl (C=O) groups is 2. The Balaban J connectivity index is 1.94. The van der Waals surface area contributed by atoms with Crippen molar-refractivity contribution in [3.63, 3.8) is 0 Å². The van der Waals surface area contributed by atoms with Gasteiger partial charge in [0.15, 0.2) is 18.2 Å². The van der Waals surface area contributed by atoms with Crippen LogP contribution in [-0.2, 0) is 9.59 Å². The summed E-state index contributed by atoms with van der Waals surface area (Å²) in [6.07, 6.45) is 0. The topological polar surface area (TPSA) is 58.6 Å². The Morgan fingerprint density at radius 3 is 3.00 bits per heavy atom. The van der Waals surface area contributed by atoms with Crippen LogP contribution in [0.15, 0.2) is 24.3 Å². The summed E-state index contributed by atoms with van der Waals surface area (Å²) in [6.45, 7) is 2.23. The molecule has 0 radical (unpaired) electrons. The number of hydrogen-bond donors (Lipinski definition) is 1. The largest absolute Gasteiger partial charge is 0.481 e. The van der Waals surface area contributed by atoms with Crippen LogP contribution in [0.25, 0.3) is 0 Å². The van der Waals surface area contributed by atoms with Gasteiger partial charge in [-0.15, -0.1) is 0 Å². The van der Waals surface area contributed by atoms with Crippen LogP contribution in [0.2, 0.25) is 0 Å². The molecule has 1 unspecified atom stereocenters. The van der Waals surface area contributed by atoms with E-state index in [9.17, 15) is 14.0 Å². The lowest BCUT2D eigenvalue weighted by Gasteiger charge is -2.32. The molecule has 1 heterocycles. The van der Waals surface area contributed by atoms with E-state index in [1.165, 1.54) is 17.0 Å². The Kier molecular flexibility index (Phi) is 3.99. The second-order valence-electron chi connectivity index (χ2n) is 4.27. The Labute approximate surface area is 110 Å². The number of benzene rings is 1. The van der Waals surface area contributed by atoms with Crippen molar-refractivity contribution in [2.45, 2.75) is 13.0 Å². The summed E-state index contributed by atoms with van der Waals surface area (Å²) in [5.74, 6) is -0.999. The number of para-hydroxylation sites is 1. The summed E-state index contributed by atoms with van der Waals surface area (Å²) in [6, 6.07) is 5.36. The summed E-state index contributed by atoms with van der Waals surface area (Å²) < 4.78 is 18.4. The number of nitrogens with zero attached hydrogens (tertiary/aromatic N) is 1. The molecule has 0 aromatic heterocycles. The van der Waals surface area contributed by atoms with E-state index in [4.69, 9.17) is 4.74 Å². The Morgan fingerprint density at radius 2 is 2.26 bits per heavy atom. The first kappa shape index (κ1) is 13.3. The zero-order chi connectivity index (χ0) is 13.8. The number of nitrogens with one attached hydrogen (secondary N) is 1. The summed E-state index contributed by atoms with van der Waals surface area (Å²) in [7, 11) is 0. The standard InChI is InChI=1S/C13H15FN2O3/c1-9-13(18)15-6-7-16(9)12(17)8-19-11-5-3-2-4-10(11)14/h2-5,9H,6-8H2,1H3,(H,15,18). The fourth-order valence-electron chi connectivity index (χ4n) is 1.91. The summed E-state index contributed by atoms with van der Waals surface area (Å²) in [4.78, 5) is 24.8. The molecule has 0 saturated carbocycles. The molecular weight excluding hydrogens is 251 g/mol. The molecule has 1 aliphatic rings. The van der Waals surface area contributed by atoms with Gasteiger partial charge in [-0.2, -0.15) is 0 Å². The molecule has 0 bridgehead atoms. The fourth-order valence-corrected chi connectivity index (χ4v) is 1.91. The SMILES string of the molecule is CC1C(=O)NCCN1C(=O)COc1ccccc1F. The number of amides is 2. The lowest BCUT2D eigenvalue weighted by atomic mass is 10.2. The molecule has 2 rings (SSSR count). The van der Waals surface area contributed by atoms with Crippen LogP contribution in [0.5, 0.6) is 5.75 Å². The van der Waals surface area contributed by atoms with E-state index in [2.05, 4.69) is 5.32 Å². The van der Waals surface area contributed by atoms with Gasteiger partial charge in [-0.1, -0.05) is 12.1 Å². The molecule has 1 fully saturated rings. The fraction of sp³-hybridized carbons (Fsp3) is 0.385. The molecule has 1 aromatic rings. The second-order valence-corrected chi connectivity index (χ2v) is 4.27. The molecule has 1 N–H and O–H groups in total. The van der Waals surface area contributed by atoms with Crippen molar-refractivity contribution in [2.75, 3.05) is 19.7 Å². The van der Waals surface area contributed by atoms with Crippen molar-refractivity contribution >= 4 is 11.8 Å². The smallest absolute Gasteiger partial charge is 0.261 e. The van der Waals surface area contributed by atoms with Gasteiger partial charge in [0, 0.05) is 13.1 Å². The molecule has 102 valence electrons. The average molecular weight is 266 g/mol. The Hall–Kier alpha value is -2.11. The Bertz CT molecular complexity index is 493. The first-order valence-electron chi connectivity index (χ1n) is 6.04. The van der Waals surface area contributed by atoms with Crippen molar-refractivity contribution in [3.8, 4) is 5.75 Å². The molecule has 1 atom stereocenters. The minimum absolute atomic E-state index is 0.0324. The highest BCUT2D eigenvalue weighted by molar-refractivity contribution is 5.89. The van der Waals surface area contributed by atoms with E-state index in [1.54, 1.807) is 19.1 Å². The van der Waals surface area contributed by atoms with E-state index in [1.807, 2.05) is 0 Å². The van der Waals surface area contributed by atoms with Crippen LogP contribution in [0.3, 0.4) is 0 Å². The third-order valence-corrected chi connectivity index (χ3v) is 3.01. The minimum Gasteiger partial charge on any atom is -0.481 e. The molecular formula is C13H15FN2O3. The van der Waals surface area contributed by atoms with Crippen LogP contribution in [-0.4, -0.2) is 42.5 Å². The number of rotatable bonds is 3. The van der Waals surface area contributed by atoms with Gasteiger partial charge in [-0.3, -0.25) is 9.59 Å². The predicted molar refractivity (Wildman–Crippen MR) is 66.1 cm³/mol. The van der Waals surface area contributed by atoms with Gasteiger partial charge < -0.3 is 15.0 Å². The third kappa shape index (κ3) is 3.01. The monoisotopic (exact) mass is 266 g/mol. The van der Waals surface area contributed by atoms with Crippen molar-refractivity contribution in [2.24, 2.45) is 0 Å². The van der Waals surface area contributed by atoms with Gasteiger partial charge in [0.05, 0.1) is 0 Å². The van der Waals surface area contributed by atoms with Crippen LogP contribution >= 0.6 is 0 Å². The lowest BCUT2D eigenvalue weighted by Crippen LogP contribution is -2.56. The average Bonchev–Trinajstić information content (AvgIpc) is 2.40. The quantitative estimate of drug-likeness (QED) is 0.869. The maximum absolute atomic E-state index is 13.3. The van der Waals surface area contributed by atoms with Crippen LogP contribution in [0.1, 0.15) is 6.92 Å². The van der Waals surface area contributed by atoms with Crippen LogP contribution in [0.4, 0.5) is 4.39 Å². The van der Waals surface area contributed by atoms with Crippen molar-refractivity contribution in [1.82, 2.24) is 10.2 Å². The van der Waals surface area contributed by atoms with Gasteiger partial charge >= 0.3 is 0 Å². The first-order chi connectivity index (χ1) is 9.09. The third-order valence-electron chi connectivity index (χ3n) is 3.01. The number of hydrogen-bond acceptors (Lipinski definition) is 3. The molecule has 5 nitrogen and oxygen atoms in total. The summed E-state index contributed by atoms with van der Waals surface area (Å²) >= 11 is 0. The normalized spacial score (nSPS) is 18.9. The first-order valence-corrected chi connectivity index (χ1v) is 6.04. The summed E-state index contributed by atoms with van der Waals surface area (Å²) in [5, 5.41) is 2.67. The Morgan fingerprint density at radius 1 is 1.53 bits per heavy atom. The maximum Gasteiger partial charge on any atom is 0.261 e. The van der Waals surface area contributed by atoms with Gasteiger partial charge in [0.2, 0.25) is 5.91 Å². The minimum atomic E-state index is -0.523. The molecule has 0 spiro atoms. The van der Waals surface area contributed by atoms with E-state index in [0.29, 0.717) is 13.1 Å². The van der Waals surface area contributed by atoms with Gasteiger partial charge in [-0.05, 0) is 19.1 Å². The van der Waals surface area contributed by atoms with Crippen molar-refractivity contribution < 1.29 is 18.7 Å². The number of piperazine rings is 1. The highest BCUT2D eigenvalue weighted by Crippen LogP contribution is 2.15. The van der Waals surface area contributed by atoms with Crippen molar-refractivity contribution in [3.05, 3.63) is 30.1 Å². The number of carbonyl (C=O) groups excluding carboxylic acids is 2. The zero-order valence-electron chi connectivity index (χ0n) is 10.6. The molecule has 1 saturated heterocycles. The van der Waals surface area contributed by atoms with Gasteiger partial charge in [0.1, 0.15) is 6.04 Å². The molecule has 1 aliphatic heterocycles. The zero-order valence-corrected chi connectivity index (χ0v) is 10.6. The lowest BCUT2D eigenvalue weighted by molar-refractivity contribution is -0.143. The maximum atomic E-state index is 13.3. The van der Waals surface area contributed by atoms with Crippen LogP contribution in [0, 0.1) is 5.82 Å².